The summed E-state index contributed by atoms with van der Waals surface area (Å²) in [6, 6.07) is 2.42. The lowest BCUT2D eigenvalue weighted by atomic mass is 10.2. The second kappa shape index (κ2) is 4.28. The summed E-state index contributed by atoms with van der Waals surface area (Å²) < 4.78 is 28.5. The van der Waals surface area contributed by atoms with Gasteiger partial charge in [0, 0.05) is 6.20 Å². The standard InChI is InChI=1S/C8H4F2N2O2/c9-7(10)6-5(2-1-3-12-6)8(13)14-4-11/h1-3,7H. The highest BCUT2D eigenvalue weighted by Gasteiger charge is 2.20. The van der Waals surface area contributed by atoms with E-state index in [1.165, 1.54) is 6.07 Å². The molecule has 1 heterocycles. The van der Waals surface area contributed by atoms with Gasteiger partial charge in [-0.2, -0.15) is 0 Å². The zero-order valence-corrected chi connectivity index (χ0v) is 6.78. The van der Waals surface area contributed by atoms with Gasteiger partial charge in [-0.05, 0) is 12.1 Å². The fraction of sp³-hybridized carbons (Fsp3) is 0.125. The summed E-state index contributed by atoms with van der Waals surface area (Å²) in [4.78, 5) is 14.3. The van der Waals surface area contributed by atoms with E-state index in [0.29, 0.717) is 0 Å². The van der Waals surface area contributed by atoms with Crippen LogP contribution >= 0.6 is 0 Å². The van der Waals surface area contributed by atoms with E-state index in [4.69, 9.17) is 5.26 Å². The number of aromatic nitrogens is 1. The van der Waals surface area contributed by atoms with E-state index >= 15 is 0 Å². The van der Waals surface area contributed by atoms with Crippen LogP contribution in [0.5, 0.6) is 0 Å². The van der Waals surface area contributed by atoms with Gasteiger partial charge in [-0.25, -0.2) is 13.6 Å². The van der Waals surface area contributed by atoms with Crippen LogP contribution in [0, 0.1) is 11.5 Å². The van der Waals surface area contributed by atoms with E-state index < -0.39 is 23.7 Å². The second-order valence-corrected chi connectivity index (χ2v) is 2.22. The van der Waals surface area contributed by atoms with Crippen LogP contribution in [-0.4, -0.2) is 11.0 Å². The van der Waals surface area contributed by atoms with E-state index in [1.54, 1.807) is 0 Å². The van der Waals surface area contributed by atoms with Crippen molar-refractivity contribution in [3.05, 3.63) is 29.6 Å². The molecule has 14 heavy (non-hydrogen) atoms. The number of hydrogen-bond donors (Lipinski definition) is 0. The fourth-order valence-electron chi connectivity index (χ4n) is 0.860. The molecule has 0 saturated heterocycles. The summed E-state index contributed by atoms with van der Waals surface area (Å²) in [6.07, 6.45) is -0.638. The first-order valence-electron chi connectivity index (χ1n) is 3.50. The van der Waals surface area contributed by atoms with Crippen molar-refractivity contribution in [1.29, 1.82) is 5.26 Å². The smallest absolute Gasteiger partial charge is 0.347 e. The van der Waals surface area contributed by atoms with E-state index in [0.717, 1.165) is 18.5 Å². The molecule has 0 atom stereocenters. The first-order valence-corrected chi connectivity index (χ1v) is 3.50. The maximum absolute atomic E-state index is 12.3. The van der Waals surface area contributed by atoms with Gasteiger partial charge in [0.05, 0.1) is 5.56 Å². The number of carbonyl (C=O) groups excluding carboxylic acids is 1. The number of pyridine rings is 1. The van der Waals surface area contributed by atoms with Gasteiger partial charge in [-0.3, -0.25) is 4.98 Å². The van der Waals surface area contributed by atoms with E-state index in [-0.39, 0.29) is 0 Å². The average Bonchev–Trinajstić information content (AvgIpc) is 2.18. The van der Waals surface area contributed by atoms with Gasteiger partial charge in [0.1, 0.15) is 5.69 Å². The van der Waals surface area contributed by atoms with Crippen molar-refractivity contribution in [2.24, 2.45) is 0 Å². The SMILES string of the molecule is N#COC(=O)c1cccnc1C(F)F. The Balaban J connectivity index is 3.08. The zero-order chi connectivity index (χ0) is 10.6. The Bertz CT molecular complexity index is 387. The molecule has 0 spiro atoms. The molecule has 0 aliphatic carbocycles. The van der Waals surface area contributed by atoms with Crippen LogP contribution in [0.4, 0.5) is 8.78 Å². The molecule has 1 aromatic heterocycles. The topological polar surface area (TPSA) is 63.0 Å². The number of alkyl halides is 2. The number of rotatable bonds is 2. The molecule has 0 amide bonds. The Morgan fingerprint density at radius 1 is 1.64 bits per heavy atom. The maximum atomic E-state index is 12.3. The summed E-state index contributed by atoms with van der Waals surface area (Å²) in [5.74, 6) is -1.13. The lowest BCUT2D eigenvalue weighted by Gasteiger charge is -2.02. The minimum atomic E-state index is -2.88. The van der Waals surface area contributed by atoms with Crippen LogP contribution in [-0.2, 0) is 4.74 Å². The molecule has 0 saturated carbocycles. The molecular weight excluding hydrogens is 194 g/mol. The van der Waals surface area contributed by atoms with Crippen LogP contribution < -0.4 is 0 Å². The monoisotopic (exact) mass is 198 g/mol. The predicted octanol–water partition coefficient (Wildman–Crippen LogP) is 1.66. The van der Waals surface area contributed by atoms with Crippen molar-refractivity contribution < 1.29 is 18.3 Å². The molecule has 0 fully saturated rings. The molecule has 0 bridgehead atoms. The Hall–Kier alpha value is -2.03. The number of halogens is 2. The van der Waals surface area contributed by atoms with Crippen LogP contribution in [0.15, 0.2) is 18.3 Å². The van der Waals surface area contributed by atoms with Gasteiger partial charge in [0.15, 0.2) is 0 Å². The Morgan fingerprint density at radius 2 is 2.36 bits per heavy atom. The summed E-state index contributed by atoms with van der Waals surface area (Å²) in [5, 5.41) is 8.03. The highest BCUT2D eigenvalue weighted by molar-refractivity contribution is 5.91. The lowest BCUT2D eigenvalue weighted by Crippen LogP contribution is -2.07. The number of nitriles is 1. The van der Waals surface area contributed by atoms with Crippen LogP contribution in [0.25, 0.3) is 0 Å². The molecule has 4 nitrogen and oxygen atoms in total. The van der Waals surface area contributed by atoms with Crippen LogP contribution in [0.1, 0.15) is 22.5 Å². The first-order chi connectivity index (χ1) is 6.66. The highest BCUT2D eigenvalue weighted by Crippen LogP contribution is 2.20. The minimum absolute atomic E-state index is 0.399. The molecule has 0 N–H and O–H groups in total. The van der Waals surface area contributed by atoms with Gasteiger partial charge < -0.3 is 4.74 Å². The largest absolute Gasteiger partial charge is 0.355 e. The normalized spacial score (nSPS) is 9.57. The third-order valence-electron chi connectivity index (χ3n) is 1.40. The van der Waals surface area contributed by atoms with E-state index in [9.17, 15) is 13.6 Å². The molecule has 0 unspecified atom stereocenters. The number of carbonyl (C=O) groups is 1. The van der Waals surface area contributed by atoms with E-state index in [2.05, 4.69) is 9.72 Å². The number of nitrogens with zero attached hydrogens (tertiary/aromatic N) is 2. The highest BCUT2D eigenvalue weighted by atomic mass is 19.3. The van der Waals surface area contributed by atoms with Crippen molar-refractivity contribution in [2.45, 2.75) is 6.43 Å². The van der Waals surface area contributed by atoms with Crippen LogP contribution in [0.2, 0.25) is 0 Å². The summed E-state index contributed by atoms with van der Waals surface area (Å²) >= 11 is 0. The number of hydrogen-bond acceptors (Lipinski definition) is 4. The molecule has 1 aromatic rings. The van der Waals surface area contributed by atoms with Gasteiger partial charge >= 0.3 is 5.97 Å². The van der Waals surface area contributed by atoms with Crippen molar-refractivity contribution in [3.8, 4) is 6.26 Å². The lowest BCUT2D eigenvalue weighted by molar-refractivity contribution is 0.0671. The minimum Gasteiger partial charge on any atom is -0.347 e. The predicted molar refractivity (Wildman–Crippen MR) is 40.2 cm³/mol. The van der Waals surface area contributed by atoms with Crippen molar-refractivity contribution in [3.63, 3.8) is 0 Å². The zero-order valence-electron chi connectivity index (χ0n) is 6.78. The Labute approximate surface area is 77.7 Å². The molecular formula is C8H4F2N2O2. The molecule has 72 valence electrons. The van der Waals surface area contributed by atoms with E-state index in [1.807, 2.05) is 0 Å². The number of esters is 1. The van der Waals surface area contributed by atoms with Crippen molar-refractivity contribution in [1.82, 2.24) is 4.98 Å². The fourth-order valence-corrected chi connectivity index (χ4v) is 0.860. The summed E-state index contributed by atoms with van der Waals surface area (Å²) in [6.45, 7) is 0. The number of ether oxygens (including phenoxy) is 1. The molecule has 1 rings (SSSR count). The molecule has 0 aliphatic rings. The summed E-state index contributed by atoms with van der Waals surface area (Å²) in [7, 11) is 0. The first kappa shape index (κ1) is 10.1. The third-order valence-corrected chi connectivity index (χ3v) is 1.40. The maximum Gasteiger partial charge on any atom is 0.355 e. The van der Waals surface area contributed by atoms with Gasteiger partial charge in [-0.1, -0.05) is 0 Å². The average molecular weight is 198 g/mol. The van der Waals surface area contributed by atoms with Gasteiger partial charge in [-0.15, -0.1) is 5.26 Å². The Morgan fingerprint density at radius 3 is 2.93 bits per heavy atom. The van der Waals surface area contributed by atoms with Crippen molar-refractivity contribution >= 4 is 5.97 Å². The summed E-state index contributed by atoms with van der Waals surface area (Å²) in [5.41, 5.74) is -1.09. The van der Waals surface area contributed by atoms with Gasteiger partial charge in [0.25, 0.3) is 12.7 Å². The molecule has 0 aliphatic heterocycles. The third kappa shape index (κ3) is 2.01. The van der Waals surface area contributed by atoms with Gasteiger partial charge in [0.2, 0.25) is 0 Å². The second-order valence-electron chi connectivity index (χ2n) is 2.22. The molecule has 6 heteroatoms. The Kier molecular flexibility index (Phi) is 3.07. The molecule has 0 radical (unpaired) electrons. The van der Waals surface area contributed by atoms with Crippen LogP contribution in [0.3, 0.4) is 0 Å². The van der Waals surface area contributed by atoms with Crippen molar-refractivity contribution in [2.75, 3.05) is 0 Å². The quantitative estimate of drug-likeness (QED) is 0.535. The molecule has 0 aromatic carbocycles.